The highest BCUT2D eigenvalue weighted by atomic mass is 16.3. The van der Waals surface area contributed by atoms with Gasteiger partial charge in [-0.3, -0.25) is 0 Å². The molecule has 9 aromatic carbocycles. The minimum atomic E-state index is 0.893. The molecule has 0 aliphatic heterocycles. The van der Waals surface area contributed by atoms with Crippen molar-refractivity contribution in [1.29, 1.82) is 0 Å². The number of hydrogen-bond donors (Lipinski definition) is 0. The number of benzene rings is 9. The largest absolute Gasteiger partial charge is 0.456 e. The van der Waals surface area contributed by atoms with Gasteiger partial charge in [-0.1, -0.05) is 109 Å². The van der Waals surface area contributed by atoms with Crippen molar-refractivity contribution < 1.29 is 4.42 Å². The van der Waals surface area contributed by atoms with E-state index in [1.165, 1.54) is 71.2 Å². The van der Waals surface area contributed by atoms with Crippen molar-refractivity contribution >= 4 is 76.3 Å². The van der Waals surface area contributed by atoms with Gasteiger partial charge in [0, 0.05) is 43.7 Å². The van der Waals surface area contributed by atoms with Crippen molar-refractivity contribution in [3.8, 4) is 33.6 Å². The maximum Gasteiger partial charge on any atom is 0.136 e. The van der Waals surface area contributed by atoms with E-state index in [0.29, 0.717) is 0 Å². The molecule has 0 unspecified atom stereocenters. The average molecular weight is 701 g/mol. The number of nitrogens with zero attached hydrogens (tertiary/aromatic N) is 2. The van der Waals surface area contributed by atoms with Crippen LogP contribution in [0.1, 0.15) is 0 Å². The van der Waals surface area contributed by atoms with Gasteiger partial charge in [0.1, 0.15) is 11.2 Å². The molecule has 0 spiro atoms. The highest BCUT2D eigenvalue weighted by Gasteiger charge is 2.17. The quantitative estimate of drug-likeness (QED) is 0.179. The maximum absolute atomic E-state index is 6.64. The summed E-state index contributed by atoms with van der Waals surface area (Å²) in [6.45, 7) is 0. The van der Waals surface area contributed by atoms with Crippen molar-refractivity contribution in [3.63, 3.8) is 0 Å². The van der Waals surface area contributed by atoms with E-state index in [9.17, 15) is 0 Å². The molecule has 3 nitrogen and oxygen atoms in total. The lowest BCUT2D eigenvalue weighted by Gasteiger charge is -2.10. The minimum absolute atomic E-state index is 0.893. The summed E-state index contributed by atoms with van der Waals surface area (Å²) in [7, 11) is 0. The molecular formula is C52H32N2O. The van der Waals surface area contributed by atoms with Crippen LogP contribution in [0.3, 0.4) is 0 Å². The van der Waals surface area contributed by atoms with Gasteiger partial charge in [0.05, 0.1) is 22.1 Å². The molecule has 0 saturated carbocycles. The summed E-state index contributed by atoms with van der Waals surface area (Å²) in [5.74, 6) is 0. The third-order valence-electron chi connectivity index (χ3n) is 11.5. The third kappa shape index (κ3) is 4.57. The van der Waals surface area contributed by atoms with Crippen molar-refractivity contribution in [1.82, 2.24) is 9.13 Å². The van der Waals surface area contributed by atoms with E-state index in [0.717, 1.165) is 38.8 Å². The molecule has 12 aromatic rings. The number of rotatable bonds is 4. The Balaban J connectivity index is 0.946. The Labute approximate surface area is 316 Å². The predicted octanol–water partition coefficient (Wildman–Crippen LogP) is 14.3. The maximum atomic E-state index is 6.64. The van der Waals surface area contributed by atoms with Gasteiger partial charge in [0.2, 0.25) is 0 Å². The second-order valence-corrected chi connectivity index (χ2v) is 14.6. The third-order valence-corrected chi connectivity index (χ3v) is 11.5. The molecule has 55 heavy (non-hydrogen) atoms. The van der Waals surface area contributed by atoms with Crippen LogP contribution in [0.25, 0.3) is 110 Å². The van der Waals surface area contributed by atoms with Crippen molar-refractivity contribution in [2.75, 3.05) is 0 Å². The van der Waals surface area contributed by atoms with E-state index in [1.807, 2.05) is 0 Å². The molecule has 0 bridgehead atoms. The smallest absolute Gasteiger partial charge is 0.136 e. The standard InChI is InChI=1S/C52H32N2O/c1-2-12-39(13-3-1)53-47-16-8-6-14-41(47)45-29-35(21-26-49(45)53)37-19-24-43-44-25-20-38(32-52(44)55-51(43)31-37)36-22-27-50-46(30-36)42-15-7-9-17-48(42)54(50)40-23-18-33-10-4-5-11-34(33)28-40/h1-32H. The number of aromatic nitrogens is 2. The fourth-order valence-corrected chi connectivity index (χ4v) is 8.89. The van der Waals surface area contributed by atoms with Crippen molar-refractivity contribution in [2.24, 2.45) is 0 Å². The summed E-state index contributed by atoms with van der Waals surface area (Å²) >= 11 is 0. The van der Waals surface area contributed by atoms with E-state index >= 15 is 0 Å². The van der Waals surface area contributed by atoms with Crippen LogP contribution in [-0.2, 0) is 0 Å². The van der Waals surface area contributed by atoms with Crippen LogP contribution >= 0.6 is 0 Å². The van der Waals surface area contributed by atoms with E-state index in [2.05, 4.69) is 203 Å². The molecule has 0 fully saturated rings. The zero-order chi connectivity index (χ0) is 36.0. The summed E-state index contributed by atoms with van der Waals surface area (Å²) in [6, 6.07) is 70.2. The SMILES string of the molecule is c1ccc(-n2c3ccccc3c3cc(-c4ccc5c(c4)oc4cc(-c6ccc7c(c6)c6ccccc6n7-c6ccc7ccccc7c6)ccc45)ccc32)cc1. The number of para-hydroxylation sites is 3. The van der Waals surface area contributed by atoms with Gasteiger partial charge >= 0.3 is 0 Å². The molecule has 0 amide bonds. The number of hydrogen-bond acceptors (Lipinski definition) is 1. The molecule has 0 saturated heterocycles. The monoisotopic (exact) mass is 700 g/mol. The molecule has 0 N–H and O–H groups in total. The highest BCUT2D eigenvalue weighted by molar-refractivity contribution is 6.13. The van der Waals surface area contributed by atoms with Gasteiger partial charge in [0.15, 0.2) is 0 Å². The number of fused-ring (bicyclic) bond motifs is 10. The van der Waals surface area contributed by atoms with Gasteiger partial charge in [-0.2, -0.15) is 0 Å². The van der Waals surface area contributed by atoms with E-state index in [1.54, 1.807) is 0 Å². The highest BCUT2D eigenvalue weighted by Crippen LogP contribution is 2.40. The van der Waals surface area contributed by atoms with Crippen LogP contribution in [0.4, 0.5) is 0 Å². The lowest BCUT2D eigenvalue weighted by atomic mass is 10.00. The van der Waals surface area contributed by atoms with Crippen LogP contribution in [0, 0.1) is 0 Å². The Hall–Kier alpha value is -7.36. The first-order valence-electron chi connectivity index (χ1n) is 18.8. The van der Waals surface area contributed by atoms with Gasteiger partial charge in [-0.05, 0) is 118 Å². The second kappa shape index (κ2) is 11.6. The van der Waals surface area contributed by atoms with Crippen LogP contribution in [0.5, 0.6) is 0 Å². The molecule has 0 atom stereocenters. The van der Waals surface area contributed by atoms with E-state index in [4.69, 9.17) is 4.42 Å². The molecule has 0 aliphatic rings. The zero-order valence-corrected chi connectivity index (χ0v) is 29.8. The van der Waals surface area contributed by atoms with Crippen molar-refractivity contribution in [2.45, 2.75) is 0 Å². The first-order chi connectivity index (χ1) is 27.2. The van der Waals surface area contributed by atoms with E-state index in [-0.39, 0.29) is 0 Å². The predicted molar refractivity (Wildman–Crippen MR) is 231 cm³/mol. The molecule has 0 aliphatic carbocycles. The molecule has 3 aromatic heterocycles. The Kier molecular flexibility index (Phi) is 6.34. The lowest BCUT2D eigenvalue weighted by molar-refractivity contribution is 0.669. The van der Waals surface area contributed by atoms with Gasteiger partial charge in [0.25, 0.3) is 0 Å². The fraction of sp³-hybridized carbons (Fsp3) is 0. The summed E-state index contributed by atoms with van der Waals surface area (Å²) in [5, 5.41) is 9.70. The Morgan fingerprint density at radius 2 is 0.745 bits per heavy atom. The summed E-state index contributed by atoms with van der Waals surface area (Å²) in [4.78, 5) is 0. The van der Waals surface area contributed by atoms with Crippen LogP contribution in [-0.4, -0.2) is 9.13 Å². The summed E-state index contributed by atoms with van der Waals surface area (Å²) in [6.07, 6.45) is 0. The van der Waals surface area contributed by atoms with Crippen LogP contribution in [0.2, 0.25) is 0 Å². The zero-order valence-electron chi connectivity index (χ0n) is 29.8. The first kappa shape index (κ1) is 30.1. The Morgan fingerprint density at radius 3 is 1.36 bits per heavy atom. The fourth-order valence-electron chi connectivity index (χ4n) is 8.89. The minimum Gasteiger partial charge on any atom is -0.456 e. The molecule has 256 valence electrons. The van der Waals surface area contributed by atoms with Gasteiger partial charge < -0.3 is 13.6 Å². The van der Waals surface area contributed by atoms with Crippen molar-refractivity contribution in [3.05, 3.63) is 194 Å². The van der Waals surface area contributed by atoms with Gasteiger partial charge in [-0.25, -0.2) is 0 Å². The molecular weight excluding hydrogens is 669 g/mol. The second-order valence-electron chi connectivity index (χ2n) is 14.6. The lowest BCUT2D eigenvalue weighted by Crippen LogP contribution is -1.93. The van der Waals surface area contributed by atoms with Gasteiger partial charge in [-0.15, -0.1) is 0 Å². The van der Waals surface area contributed by atoms with Crippen LogP contribution < -0.4 is 0 Å². The molecule has 3 heteroatoms. The normalized spacial score (nSPS) is 12.0. The Bertz CT molecular complexity index is 3490. The molecule has 12 rings (SSSR count). The molecule has 3 heterocycles. The number of furan rings is 1. The first-order valence-corrected chi connectivity index (χ1v) is 18.8. The topological polar surface area (TPSA) is 23.0 Å². The summed E-state index contributed by atoms with van der Waals surface area (Å²) in [5.41, 5.74) is 13.5. The van der Waals surface area contributed by atoms with E-state index < -0.39 is 0 Å². The summed E-state index contributed by atoms with van der Waals surface area (Å²) < 4.78 is 11.4. The average Bonchev–Trinajstić information content (AvgIpc) is 3.90. The van der Waals surface area contributed by atoms with Crippen LogP contribution in [0.15, 0.2) is 199 Å². The molecule has 0 radical (unpaired) electrons. The Morgan fingerprint density at radius 1 is 0.273 bits per heavy atom.